The van der Waals surface area contributed by atoms with Crippen LogP contribution < -0.4 is 14.2 Å². The zero-order chi connectivity index (χ0) is 22.0. The number of allylic oxidation sites excluding steroid dienone is 1. The van der Waals surface area contributed by atoms with Crippen LogP contribution in [0.15, 0.2) is 17.7 Å². The number of hydrogen-bond donors (Lipinski definition) is 0. The molecular formula is C21H25NO8. The highest BCUT2D eigenvalue weighted by molar-refractivity contribution is 5.98. The first-order chi connectivity index (χ1) is 14.4. The van der Waals surface area contributed by atoms with E-state index in [0.717, 1.165) is 5.56 Å². The van der Waals surface area contributed by atoms with Gasteiger partial charge in [-0.3, -0.25) is 19.7 Å². The van der Waals surface area contributed by atoms with Gasteiger partial charge in [0, 0.05) is 22.5 Å². The van der Waals surface area contributed by atoms with Gasteiger partial charge in [-0.25, -0.2) is 0 Å². The Morgan fingerprint density at radius 1 is 1.10 bits per heavy atom. The van der Waals surface area contributed by atoms with E-state index >= 15 is 0 Å². The number of fused-ring (bicyclic) bond motifs is 3. The summed E-state index contributed by atoms with van der Waals surface area (Å²) in [6.45, 7) is 0. The molecule has 0 amide bonds. The lowest BCUT2D eigenvalue weighted by molar-refractivity contribution is -0.533. The zero-order valence-corrected chi connectivity index (χ0v) is 17.4. The van der Waals surface area contributed by atoms with Crippen LogP contribution in [0.5, 0.6) is 17.2 Å². The standard InChI is InChI=1S/C21H25NO8/c1-27-15-10-11-6-5-7-14(23)12-8-9-13(21(24)30-4)18(22(25)26)17(12)16(11)20(29-3)19(15)28-2/h8,10,13,17-18H,5-7,9H2,1-4H3. The third-order valence-electron chi connectivity index (χ3n) is 5.86. The lowest BCUT2D eigenvalue weighted by Crippen LogP contribution is -2.44. The van der Waals surface area contributed by atoms with Crippen molar-refractivity contribution in [2.75, 3.05) is 28.4 Å². The molecule has 0 saturated heterocycles. The molecule has 0 heterocycles. The number of aryl methyl sites for hydroxylation is 1. The lowest BCUT2D eigenvalue weighted by Gasteiger charge is -2.35. The predicted octanol–water partition coefficient (Wildman–Crippen LogP) is 2.47. The monoisotopic (exact) mass is 419 g/mol. The lowest BCUT2D eigenvalue weighted by atomic mass is 9.69. The van der Waals surface area contributed by atoms with E-state index in [4.69, 9.17) is 18.9 Å². The number of ether oxygens (including phenoxy) is 4. The average molecular weight is 419 g/mol. The van der Waals surface area contributed by atoms with Crippen molar-refractivity contribution in [3.8, 4) is 17.2 Å². The van der Waals surface area contributed by atoms with Crippen LogP contribution in [0.2, 0.25) is 0 Å². The second-order valence-corrected chi connectivity index (χ2v) is 7.27. The van der Waals surface area contributed by atoms with E-state index in [1.165, 1.54) is 28.4 Å². The maximum absolute atomic E-state index is 12.9. The maximum atomic E-state index is 12.9. The number of methoxy groups -OCH3 is 4. The Hall–Kier alpha value is -3.10. The van der Waals surface area contributed by atoms with Crippen molar-refractivity contribution in [2.24, 2.45) is 5.92 Å². The molecule has 3 unspecified atom stereocenters. The number of carbonyl (C=O) groups excluding carboxylic acids is 2. The van der Waals surface area contributed by atoms with E-state index in [-0.39, 0.29) is 30.1 Å². The van der Waals surface area contributed by atoms with Gasteiger partial charge in [0.25, 0.3) is 0 Å². The highest BCUT2D eigenvalue weighted by Gasteiger charge is 2.51. The van der Waals surface area contributed by atoms with Crippen molar-refractivity contribution in [1.29, 1.82) is 0 Å². The molecule has 0 radical (unpaired) electrons. The minimum atomic E-state index is -1.37. The maximum Gasteiger partial charge on any atom is 0.316 e. The van der Waals surface area contributed by atoms with E-state index in [1.54, 1.807) is 12.1 Å². The Bertz CT molecular complexity index is 907. The molecular weight excluding hydrogens is 394 g/mol. The van der Waals surface area contributed by atoms with E-state index in [0.29, 0.717) is 29.7 Å². The summed E-state index contributed by atoms with van der Waals surface area (Å²) < 4.78 is 21.4. The SMILES string of the molecule is COC(=O)C1CC=C2C(=O)CCCc3cc(OC)c(OC)c(OC)c3C2C1[N+](=O)[O-]. The fourth-order valence-corrected chi connectivity index (χ4v) is 4.57. The van der Waals surface area contributed by atoms with Gasteiger partial charge in [-0.05, 0) is 30.9 Å². The summed E-state index contributed by atoms with van der Waals surface area (Å²) in [6, 6.07) is 0.397. The van der Waals surface area contributed by atoms with Crippen LogP contribution in [-0.2, 0) is 20.7 Å². The van der Waals surface area contributed by atoms with Crippen LogP contribution in [0.1, 0.15) is 36.3 Å². The Labute approximate surface area is 174 Å². The smallest absolute Gasteiger partial charge is 0.316 e. The quantitative estimate of drug-likeness (QED) is 0.406. The Balaban J connectivity index is 2.36. The minimum absolute atomic E-state index is 0.0703. The van der Waals surface area contributed by atoms with Gasteiger partial charge >= 0.3 is 5.97 Å². The third-order valence-corrected chi connectivity index (χ3v) is 5.86. The molecule has 162 valence electrons. The Morgan fingerprint density at radius 3 is 2.37 bits per heavy atom. The molecule has 2 aliphatic carbocycles. The van der Waals surface area contributed by atoms with Gasteiger partial charge in [-0.1, -0.05) is 6.08 Å². The first-order valence-electron chi connectivity index (χ1n) is 9.65. The van der Waals surface area contributed by atoms with Crippen molar-refractivity contribution < 1.29 is 33.5 Å². The number of rotatable bonds is 5. The van der Waals surface area contributed by atoms with Gasteiger partial charge < -0.3 is 18.9 Å². The van der Waals surface area contributed by atoms with Gasteiger partial charge in [0.15, 0.2) is 17.3 Å². The van der Waals surface area contributed by atoms with Crippen LogP contribution in [0, 0.1) is 16.0 Å². The van der Waals surface area contributed by atoms with Crippen molar-refractivity contribution in [3.63, 3.8) is 0 Å². The van der Waals surface area contributed by atoms with E-state index < -0.39 is 28.8 Å². The molecule has 0 saturated carbocycles. The van der Waals surface area contributed by atoms with Crippen molar-refractivity contribution >= 4 is 11.8 Å². The summed E-state index contributed by atoms with van der Waals surface area (Å²) in [4.78, 5) is 37.0. The molecule has 0 N–H and O–H groups in total. The number of benzene rings is 1. The number of carbonyl (C=O) groups is 2. The van der Waals surface area contributed by atoms with Gasteiger partial charge in [0.2, 0.25) is 11.8 Å². The number of hydrogen-bond acceptors (Lipinski definition) is 8. The molecule has 0 spiro atoms. The van der Waals surface area contributed by atoms with Crippen LogP contribution in [0.25, 0.3) is 0 Å². The fourth-order valence-electron chi connectivity index (χ4n) is 4.57. The van der Waals surface area contributed by atoms with Crippen molar-refractivity contribution in [1.82, 2.24) is 0 Å². The molecule has 9 heteroatoms. The Morgan fingerprint density at radius 2 is 1.80 bits per heavy atom. The van der Waals surface area contributed by atoms with Gasteiger partial charge in [-0.2, -0.15) is 0 Å². The molecule has 0 fully saturated rings. The highest BCUT2D eigenvalue weighted by Crippen LogP contribution is 2.51. The summed E-state index contributed by atoms with van der Waals surface area (Å²) in [5, 5.41) is 12.2. The number of nitro groups is 1. The van der Waals surface area contributed by atoms with Gasteiger partial charge in [-0.15, -0.1) is 0 Å². The van der Waals surface area contributed by atoms with Gasteiger partial charge in [0.05, 0.1) is 34.4 Å². The van der Waals surface area contributed by atoms with E-state index in [9.17, 15) is 19.7 Å². The average Bonchev–Trinajstić information content (AvgIpc) is 2.75. The second kappa shape index (κ2) is 8.73. The molecule has 0 bridgehead atoms. The summed E-state index contributed by atoms with van der Waals surface area (Å²) >= 11 is 0. The van der Waals surface area contributed by atoms with Crippen LogP contribution in [0.4, 0.5) is 0 Å². The molecule has 1 aromatic rings. The summed E-state index contributed by atoms with van der Waals surface area (Å²) in [7, 11) is 5.57. The van der Waals surface area contributed by atoms with E-state index in [2.05, 4.69) is 0 Å². The molecule has 9 nitrogen and oxygen atoms in total. The fraction of sp³-hybridized carbons (Fsp3) is 0.524. The molecule has 0 aliphatic heterocycles. The minimum Gasteiger partial charge on any atom is -0.493 e. The first-order valence-corrected chi connectivity index (χ1v) is 9.65. The molecule has 30 heavy (non-hydrogen) atoms. The van der Waals surface area contributed by atoms with Crippen molar-refractivity contribution in [2.45, 2.75) is 37.6 Å². The number of esters is 1. The predicted molar refractivity (Wildman–Crippen MR) is 106 cm³/mol. The number of ketones is 1. The normalized spacial score (nSPS) is 23.1. The number of Topliss-reactive ketones (excluding diaryl/α,β-unsaturated/α-hetero) is 1. The summed E-state index contributed by atoms with van der Waals surface area (Å²) in [5.41, 5.74) is 1.60. The van der Waals surface area contributed by atoms with Crippen LogP contribution in [-0.4, -0.2) is 51.2 Å². The first kappa shape index (κ1) is 21.6. The molecule has 0 aromatic heterocycles. The summed E-state index contributed by atoms with van der Waals surface area (Å²) in [6.07, 6.45) is 3.07. The van der Waals surface area contributed by atoms with E-state index in [1.807, 2.05) is 0 Å². The van der Waals surface area contributed by atoms with Crippen LogP contribution >= 0.6 is 0 Å². The third kappa shape index (κ3) is 3.48. The largest absolute Gasteiger partial charge is 0.493 e. The topological polar surface area (TPSA) is 114 Å². The van der Waals surface area contributed by atoms with Crippen LogP contribution in [0.3, 0.4) is 0 Å². The highest BCUT2D eigenvalue weighted by atomic mass is 16.6. The second-order valence-electron chi connectivity index (χ2n) is 7.27. The van der Waals surface area contributed by atoms with Crippen molar-refractivity contribution in [3.05, 3.63) is 39.0 Å². The van der Waals surface area contributed by atoms with Gasteiger partial charge in [0.1, 0.15) is 5.92 Å². The molecule has 2 aliphatic rings. The molecule has 3 rings (SSSR count). The zero-order valence-electron chi connectivity index (χ0n) is 17.4. The number of nitrogens with zero attached hydrogens (tertiary/aromatic N) is 1. The molecule has 3 atom stereocenters. The summed E-state index contributed by atoms with van der Waals surface area (Å²) in [5.74, 6) is -1.82. The Kier molecular flexibility index (Phi) is 6.28. The molecule has 1 aromatic carbocycles.